The predicted octanol–water partition coefficient (Wildman–Crippen LogP) is 3.15. The number of benzene rings is 2. The molecule has 3 nitrogen and oxygen atoms in total. The largest absolute Gasteiger partial charge is 0.508 e. The summed E-state index contributed by atoms with van der Waals surface area (Å²) in [6.07, 6.45) is 0. The van der Waals surface area contributed by atoms with Crippen molar-refractivity contribution in [2.24, 2.45) is 0 Å². The van der Waals surface area contributed by atoms with Crippen LogP contribution < -0.4 is 5.32 Å². The number of anilines is 1. The van der Waals surface area contributed by atoms with Gasteiger partial charge in [-0.2, -0.15) is 0 Å². The third kappa shape index (κ3) is 3.02. The zero-order valence-corrected chi connectivity index (χ0v) is 10.4. The summed E-state index contributed by atoms with van der Waals surface area (Å²) in [6, 6.07) is 15.3. The molecule has 0 spiro atoms. The van der Waals surface area contributed by atoms with Crippen LogP contribution >= 0.6 is 0 Å². The SMILES string of the molecule is COCc1ccccc1NCc1ccccc1O. The van der Waals surface area contributed by atoms with Gasteiger partial charge in [0.15, 0.2) is 0 Å². The molecule has 3 heteroatoms. The van der Waals surface area contributed by atoms with Gasteiger partial charge in [-0.05, 0) is 12.1 Å². The highest BCUT2D eigenvalue weighted by Gasteiger charge is 2.03. The van der Waals surface area contributed by atoms with Crippen molar-refractivity contribution < 1.29 is 9.84 Å². The third-order valence-corrected chi connectivity index (χ3v) is 2.78. The maximum absolute atomic E-state index is 9.70. The van der Waals surface area contributed by atoms with E-state index in [1.807, 2.05) is 42.5 Å². The summed E-state index contributed by atoms with van der Waals surface area (Å²) in [6.45, 7) is 1.16. The standard InChI is InChI=1S/C15H17NO2/c1-18-11-13-7-2-4-8-14(13)16-10-12-6-3-5-9-15(12)17/h2-9,16-17H,10-11H2,1H3. The highest BCUT2D eigenvalue weighted by atomic mass is 16.5. The number of phenolic OH excluding ortho intramolecular Hbond substituents is 1. The summed E-state index contributed by atoms with van der Waals surface area (Å²) < 4.78 is 5.15. The van der Waals surface area contributed by atoms with Gasteiger partial charge >= 0.3 is 0 Å². The Morgan fingerprint density at radius 2 is 1.67 bits per heavy atom. The molecule has 0 aliphatic heterocycles. The fourth-order valence-electron chi connectivity index (χ4n) is 1.82. The van der Waals surface area contributed by atoms with Crippen LogP contribution in [0.2, 0.25) is 0 Å². The molecule has 0 unspecified atom stereocenters. The number of methoxy groups -OCH3 is 1. The Labute approximate surface area is 107 Å². The molecule has 94 valence electrons. The fourth-order valence-corrected chi connectivity index (χ4v) is 1.82. The van der Waals surface area contributed by atoms with E-state index in [0.717, 1.165) is 16.8 Å². The summed E-state index contributed by atoms with van der Waals surface area (Å²) in [5, 5.41) is 13.0. The summed E-state index contributed by atoms with van der Waals surface area (Å²) in [5.41, 5.74) is 3.02. The molecule has 0 atom stereocenters. The lowest BCUT2D eigenvalue weighted by Crippen LogP contribution is -2.03. The molecule has 18 heavy (non-hydrogen) atoms. The van der Waals surface area contributed by atoms with Crippen LogP contribution in [-0.2, 0) is 17.9 Å². The molecule has 0 radical (unpaired) electrons. The highest BCUT2D eigenvalue weighted by molar-refractivity contribution is 5.51. The van der Waals surface area contributed by atoms with Gasteiger partial charge in [-0.1, -0.05) is 36.4 Å². The molecule has 0 saturated carbocycles. The Bertz CT molecular complexity index is 511. The van der Waals surface area contributed by atoms with Crippen molar-refractivity contribution in [2.75, 3.05) is 12.4 Å². The van der Waals surface area contributed by atoms with E-state index in [1.165, 1.54) is 0 Å². The minimum atomic E-state index is 0.314. The molecule has 0 aromatic heterocycles. The first-order valence-electron chi connectivity index (χ1n) is 5.89. The van der Waals surface area contributed by atoms with Crippen LogP contribution in [0.5, 0.6) is 5.75 Å². The Kier molecular flexibility index (Phi) is 4.20. The van der Waals surface area contributed by atoms with Crippen molar-refractivity contribution in [2.45, 2.75) is 13.2 Å². The van der Waals surface area contributed by atoms with Gasteiger partial charge in [-0.25, -0.2) is 0 Å². The number of ether oxygens (including phenoxy) is 1. The number of rotatable bonds is 5. The molecule has 0 amide bonds. The number of nitrogens with one attached hydrogen (secondary N) is 1. The van der Waals surface area contributed by atoms with Crippen LogP contribution in [0.25, 0.3) is 0 Å². The molecule has 0 aliphatic carbocycles. The normalized spacial score (nSPS) is 10.3. The highest BCUT2D eigenvalue weighted by Crippen LogP contribution is 2.20. The predicted molar refractivity (Wildman–Crippen MR) is 72.6 cm³/mol. The van der Waals surface area contributed by atoms with Crippen molar-refractivity contribution in [3.05, 3.63) is 59.7 Å². The van der Waals surface area contributed by atoms with E-state index in [0.29, 0.717) is 18.9 Å². The quantitative estimate of drug-likeness (QED) is 0.847. The van der Waals surface area contributed by atoms with Crippen LogP contribution in [0.15, 0.2) is 48.5 Å². The van der Waals surface area contributed by atoms with Crippen molar-refractivity contribution in [3.63, 3.8) is 0 Å². The van der Waals surface area contributed by atoms with Gasteiger partial charge in [-0.15, -0.1) is 0 Å². The molecule has 0 fully saturated rings. The van der Waals surface area contributed by atoms with Crippen molar-refractivity contribution in [1.29, 1.82) is 0 Å². The maximum atomic E-state index is 9.70. The van der Waals surface area contributed by atoms with Crippen LogP contribution in [0.4, 0.5) is 5.69 Å². The van der Waals surface area contributed by atoms with Gasteiger partial charge in [0.25, 0.3) is 0 Å². The first-order chi connectivity index (χ1) is 8.81. The number of aromatic hydroxyl groups is 1. The Hall–Kier alpha value is -2.00. The van der Waals surface area contributed by atoms with Crippen molar-refractivity contribution in [1.82, 2.24) is 0 Å². The molecule has 2 aromatic rings. The number of para-hydroxylation sites is 2. The Balaban J connectivity index is 2.08. The van der Waals surface area contributed by atoms with Gasteiger partial charge in [-0.3, -0.25) is 0 Å². The Morgan fingerprint density at radius 1 is 1.00 bits per heavy atom. The van der Waals surface area contributed by atoms with Gasteiger partial charge < -0.3 is 15.2 Å². The molecular formula is C15H17NO2. The number of phenols is 1. The molecule has 2 rings (SSSR count). The van der Waals surface area contributed by atoms with Crippen molar-refractivity contribution in [3.8, 4) is 5.75 Å². The van der Waals surface area contributed by atoms with Gasteiger partial charge in [0, 0.05) is 30.5 Å². The molecule has 0 saturated heterocycles. The molecule has 0 aliphatic rings. The van der Waals surface area contributed by atoms with Crippen molar-refractivity contribution >= 4 is 5.69 Å². The summed E-state index contributed by atoms with van der Waals surface area (Å²) >= 11 is 0. The minimum absolute atomic E-state index is 0.314. The lowest BCUT2D eigenvalue weighted by Gasteiger charge is -2.12. The Morgan fingerprint density at radius 3 is 2.39 bits per heavy atom. The van der Waals surface area contributed by atoms with E-state index in [2.05, 4.69) is 5.32 Å². The first kappa shape index (κ1) is 12.5. The van der Waals surface area contributed by atoms with E-state index < -0.39 is 0 Å². The van der Waals surface area contributed by atoms with E-state index in [4.69, 9.17) is 4.74 Å². The molecule has 0 bridgehead atoms. The molecule has 2 N–H and O–H groups in total. The first-order valence-corrected chi connectivity index (χ1v) is 5.89. The monoisotopic (exact) mass is 243 g/mol. The maximum Gasteiger partial charge on any atom is 0.120 e. The average Bonchev–Trinajstić information content (AvgIpc) is 2.40. The average molecular weight is 243 g/mol. The topological polar surface area (TPSA) is 41.5 Å². The zero-order valence-electron chi connectivity index (χ0n) is 10.4. The van der Waals surface area contributed by atoms with E-state index in [1.54, 1.807) is 13.2 Å². The number of hydrogen-bond donors (Lipinski definition) is 2. The van der Waals surface area contributed by atoms with E-state index >= 15 is 0 Å². The van der Waals surface area contributed by atoms with Crippen LogP contribution in [-0.4, -0.2) is 12.2 Å². The molecular weight excluding hydrogens is 226 g/mol. The van der Waals surface area contributed by atoms with Crippen LogP contribution in [0, 0.1) is 0 Å². The minimum Gasteiger partial charge on any atom is -0.508 e. The second kappa shape index (κ2) is 6.07. The van der Waals surface area contributed by atoms with Crippen LogP contribution in [0.1, 0.15) is 11.1 Å². The smallest absolute Gasteiger partial charge is 0.120 e. The lowest BCUT2D eigenvalue weighted by atomic mass is 10.1. The van der Waals surface area contributed by atoms with E-state index in [-0.39, 0.29) is 0 Å². The molecule has 2 aromatic carbocycles. The molecule has 0 heterocycles. The number of hydrogen-bond acceptors (Lipinski definition) is 3. The van der Waals surface area contributed by atoms with Gasteiger partial charge in [0.05, 0.1) is 6.61 Å². The van der Waals surface area contributed by atoms with Gasteiger partial charge in [0.1, 0.15) is 5.75 Å². The third-order valence-electron chi connectivity index (χ3n) is 2.78. The summed E-state index contributed by atoms with van der Waals surface area (Å²) in [7, 11) is 1.68. The van der Waals surface area contributed by atoms with Gasteiger partial charge in [0.2, 0.25) is 0 Å². The second-order valence-corrected chi connectivity index (χ2v) is 4.07. The zero-order chi connectivity index (χ0) is 12.8. The van der Waals surface area contributed by atoms with Crippen LogP contribution in [0.3, 0.4) is 0 Å². The second-order valence-electron chi connectivity index (χ2n) is 4.07. The lowest BCUT2D eigenvalue weighted by molar-refractivity contribution is 0.185. The fraction of sp³-hybridized carbons (Fsp3) is 0.200. The van der Waals surface area contributed by atoms with E-state index in [9.17, 15) is 5.11 Å². The summed E-state index contributed by atoms with van der Waals surface area (Å²) in [4.78, 5) is 0. The summed E-state index contributed by atoms with van der Waals surface area (Å²) in [5.74, 6) is 0.314.